The maximum Gasteiger partial charge on any atom is 0.228 e. The molecule has 5 heteroatoms. The molecule has 1 aromatic heterocycles. The molecule has 1 heterocycles. The van der Waals surface area contributed by atoms with Gasteiger partial charge < -0.3 is 9.88 Å². The highest BCUT2D eigenvalue weighted by atomic mass is 19.1. The van der Waals surface area contributed by atoms with Gasteiger partial charge in [0.1, 0.15) is 11.6 Å². The van der Waals surface area contributed by atoms with Gasteiger partial charge in [0.05, 0.1) is 12.0 Å². The maximum atomic E-state index is 12.9. The molecule has 0 spiro atoms. The van der Waals surface area contributed by atoms with Crippen LogP contribution < -0.4 is 5.32 Å². The largest absolute Gasteiger partial charge is 0.347 e. The van der Waals surface area contributed by atoms with Gasteiger partial charge in [-0.3, -0.25) is 4.79 Å². The first kappa shape index (κ1) is 14.2. The smallest absolute Gasteiger partial charge is 0.228 e. The minimum absolute atomic E-state index is 0.117. The second-order valence-corrected chi connectivity index (χ2v) is 5.31. The van der Waals surface area contributed by atoms with Gasteiger partial charge in [0.15, 0.2) is 0 Å². The van der Waals surface area contributed by atoms with Gasteiger partial charge in [0, 0.05) is 19.4 Å². The summed E-state index contributed by atoms with van der Waals surface area (Å²) in [5.74, 6) is 0.301. The number of nitrogens with one attached hydrogen (secondary N) is 1. The third kappa shape index (κ3) is 3.23. The van der Waals surface area contributed by atoms with Crippen LogP contribution in [0.25, 0.3) is 0 Å². The molecule has 1 amide bonds. The Bertz CT molecular complexity index is 602. The van der Waals surface area contributed by atoms with E-state index in [0.29, 0.717) is 5.82 Å². The van der Waals surface area contributed by atoms with Crippen molar-refractivity contribution in [1.82, 2.24) is 14.9 Å². The number of aryl methyl sites for hydroxylation is 1. The molecular weight excluding hydrogens is 257 g/mol. The molecule has 2 aromatic rings. The van der Waals surface area contributed by atoms with Crippen molar-refractivity contribution in [3.05, 3.63) is 53.9 Å². The van der Waals surface area contributed by atoms with Crippen molar-refractivity contribution >= 4 is 5.91 Å². The van der Waals surface area contributed by atoms with Crippen LogP contribution >= 0.6 is 0 Å². The van der Waals surface area contributed by atoms with Gasteiger partial charge in [-0.05, 0) is 31.5 Å². The zero-order valence-corrected chi connectivity index (χ0v) is 11.9. The van der Waals surface area contributed by atoms with E-state index in [-0.39, 0.29) is 18.1 Å². The van der Waals surface area contributed by atoms with Gasteiger partial charge in [-0.1, -0.05) is 12.1 Å². The second kappa shape index (κ2) is 5.45. The van der Waals surface area contributed by atoms with Crippen LogP contribution in [-0.4, -0.2) is 15.5 Å². The lowest BCUT2D eigenvalue weighted by Crippen LogP contribution is -2.42. The van der Waals surface area contributed by atoms with E-state index in [9.17, 15) is 9.18 Å². The molecule has 1 N–H and O–H groups in total. The minimum atomic E-state index is -0.560. The molecule has 0 aliphatic heterocycles. The van der Waals surface area contributed by atoms with E-state index < -0.39 is 5.54 Å². The average Bonchev–Trinajstić information content (AvgIpc) is 2.74. The van der Waals surface area contributed by atoms with Crippen molar-refractivity contribution in [2.45, 2.75) is 25.8 Å². The van der Waals surface area contributed by atoms with Crippen LogP contribution in [0.4, 0.5) is 4.39 Å². The summed E-state index contributed by atoms with van der Waals surface area (Å²) in [7, 11) is 1.85. The number of carbonyl (C=O) groups excluding carboxylic acids is 1. The van der Waals surface area contributed by atoms with Crippen molar-refractivity contribution < 1.29 is 9.18 Å². The van der Waals surface area contributed by atoms with Crippen LogP contribution in [0.1, 0.15) is 25.2 Å². The van der Waals surface area contributed by atoms with Crippen LogP contribution in [0.3, 0.4) is 0 Å². The van der Waals surface area contributed by atoms with Crippen molar-refractivity contribution in [2.75, 3.05) is 0 Å². The predicted octanol–water partition coefficient (Wildman–Crippen LogP) is 2.15. The first-order valence-electron chi connectivity index (χ1n) is 6.42. The quantitative estimate of drug-likeness (QED) is 0.929. The van der Waals surface area contributed by atoms with Crippen molar-refractivity contribution in [1.29, 1.82) is 0 Å². The molecule has 106 valence electrons. The Labute approximate surface area is 117 Å². The van der Waals surface area contributed by atoms with Crippen LogP contribution in [-0.2, 0) is 23.8 Å². The lowest BCUT2D eigenvalue weighted by molar-refractivity contribution is -0.122. The molecule has 2 rings (SSSR count). The number of carbonyl (C=O) groups is 1. The SMILES string of the molecule is Cn1ccnc1CC(=O)NC(C)(C)c1ccc(F)cc1. The fraction of sp³-hybridized carbons (Fsp3) is 0.333. The number of imidazole rings is 1. The number of aromatic nitrogens is 2. The van der Waals surface area contributed by atoms with Gasteiger partial charge in [-0.25, -0.2) is 9.37 Å². The van der Waals surface area contributed by atoms with Crippen LogP contribution in [0.5, 0.6) is 0 Å². The Hall–Kier alpha value is -2.17. The molecule has 0 bridgehead atoms. The number of hydrogen-bond acceptors (Lipinski definition) is 2. The first-order valence-corrected chi connectivity index (χ1v) is 6.42. The van der Waals surface area contributed by atoms with E-state index in [4.69, 9.17) is 0 Å². The zero-order chi connectivity index (χ0) is 14.8. The summed E-state index contributed by atoms with van der Waals surface area (Å²) < 4.78 is 14.7. The van der Waals surface area contributed by atoms with Gasteiger partial charge in [-0.15, -0.1) is 0 Å². The van der Waals surface area contributed by atoms with Gasteiger partial charge in [0.2, 0.25) is 5.91 Å². The van der Waals surface area contributed by atoms with Crippen molar-refractivity contribution in [2.24, 2.45) is 7.05 Å². The number of hydrogen-bond donors (Lipinski definition) is 1. The molecule has 1 aromatic carbocycles. The molecule has 0 aliphatic carbocycles. The zero-order valence-electron chi connectivity index (χ0n) is 11.9. The fourth-order valence-electron chi connectivity index (χ4n) is 2.04. The Morgan fingerprint density at radius 1 is 1.35 bits per heavy atom. The summed E-state index contributed by atoms with van der Waals surface area (Å²) in [6, 6.07) is 6.14. The third-order valence-electron chi connectivity index (χ3n) is 3.26. The number of benzene rings is 1. The molecule has 0 fully saturated rings. The van der Waals surface area contributed by atoms with E-state index in [1.54, 1.807) is 24.5 Å². The normalized spacial score (nSPS) is 11.4. The molecule has 0 saturated heterocycles. The fourth-order valence-corrected chi connectivity index (χ4v) is 2.04. The van der Waals surface area contributed by atoms with Gasteiger partial charge in [-0.2, -0.15) is 0 Å². The average molecular weight is 275 g/mol. The van der Waals surface area contributed by atoms with Crippen LogP contribution in [0.15, 0.2) is 36.7 Å². The molecule has 0 unspecified atom stereocenters. The van der Waals surface area contributed by atoms with E-state index >= 15 is 0 Å². The summed E-state index contributed by atoms with van der Waals surface area (Å²) in [5.41, 5.74) is 0.294. The van der Waals surface area contributed by atoms with Crippen molar-refractivity contribution in [3.8, 4) is 0 Å². The van der Waals surface area contributed by atoms with E-state index in [1.807, 2.05) is 25.5 Å². The van der Waals surface area contributed by atoms with Crippen molar-refractivity contribution in [3.63, 3.8) is 0 Å². The molecule has 0 atom stereocenters. The highest BCUT2D eigenvalue weighted by Gasteiger charge is 2.23. The summed E-state index contributed by atoms with van der Waals surface area (Å²) in [6.07, 6.45) is 3.68. The van der Waals surface area contributed by atoms with Gasteiger partial charge >= 0.3 is 0 Å². The van der Waals surface area contributed by atoms with Crippen LogP contribution in [0, 0.1) is 5.82 Å². The molecule has 0 aliphatic rings. The highest BCUT2D eigenvalue weighted by molar-refractivity contribution is 5.78. The maximum absolute atomic E-state index is 12.9. The predicted molar refractivity (Wildman–Crippen MR) is 74.5 cm³/mol. The summed E-state index contributed by atoms with van der Waals surface area (Å²) in [6.45, 7) is 3.77. The third-order valence-corrected chi connectivity index (χ3v) is 3.26. The topological polar surface area (TPSA) is 46.9 Å². The van der Waals surface area contributed by atoms with Crippen LogP contribution in [0.2, 0.25) is 0 Å². The minimum Gasteiger partial charge on any atom is -0.347 e. The number of rotatable bonds is 4. The lowest BCUT2D eigenvalue weighted by atomic mass is 9.94. The molecule has 0 radical (unpaired) electrons. The van der Waals surface area contributed by atoms with Gasteiger partial charge in [0.25, 0.3) is 0 Å². The highest BCUT2D eigenvalue weighted by Crippen LogP contribution is 2.20. The Morgan fingerprint density at radius 2 is 2.00 bits per heavy atom. The summed E-state index contributed by atoms with van der Waals surface area (Å²) in [5, 5.41) is 2.94. The Morgan fingerprint density at radius 3 is 2.55 bits per heavy atom. The summed E-state index contributed by atoms with van der Waals surface area (Å²) >= 11 is 0. The molecular formula is C15H18FN3O. The number of amides is 1. The monoisotopic (exact) mass is 275 g/mol. The number of halogens is 1. The van der Waals surface area contributed by atoms with E-state index in [2.05, 4.69) is 10.3 Å². The second-order valence-electron chi connectivity index (χ2n) is 5.31. The molecule has 4 nitrogen and oxygen atoms in total. The molecule has 20 heavy (non-hydrogen) atoms. The van der Waals surface area contributed by atoms with E-state index in [1.165, 1.54) is 12.1 Å². The summed E-state index contributed by atoms with van der Waals surface area (Å²) in [4.78, 5) is 16.2. The Balaban J connectivity index is 2.06. The molecule has 0 saturated carbocycles. The number of nitrogens with zero attached hydrogens (tertiary/aromatic N) is 2. The van der Waals surface area contributed by atoms with E-state index in [0.717, 1.165) is 5.56 Å². The lowest BCUT2D eigenvalue weighted by Gasteiger charge is -2.27. The first-order chi connectivity index (χ1) is 9.38. The standard InChI is InChI=1S/C15H18FN3O/c1-15(2,11-4-6-12(16)7-5-11)18-14(20)10-13-17-8-9-19(13)3/h4-9H,10H2,1-3H3,(H,18,20). The Kier molecular flexibility index (Phi) is 3.88.